The molecule has 0 aliphatic carbocycles. The van der Waals surface area contributed by atoms with E-state index in [0.29, 0.717) is 49.9 Å². The van der Waals surface area contributed by atoms with Gasteiger partial charge in [0.05, 0.1) is 33.2 Å². The molecule has 1 aliphatic heterocycles. The number of quaternary nitrogens is 1. The first-order valence-corrected chi connectivity index (χ1v) is 12.1. The molecule has 0 aromatic rings. The molecule has 8 nitrogen and oxygen atoms in total. The van der Waals surface area contributed by atoms with Crippen molar-refractivity contribution < 1.29 is 37.8 Å². The zero-order valence-electron chi connectivity index (χ0n) is 21.0. The van der Waals surface area contributed by atoms with Gasteiger partial charge in [-0.15, -0.1) is 6.42 Å². The smallest absolute Gasteiger partial charge is 0.306 e. The van der Waals surface area contributed by atoms with Gasteiger partial charge in [-0.2, -0.15) is 0 Å². The molecule has 0 saturated carbocycles. The molecular formula is C25H42NO7+. The second-order valence-corrected chi connectivity index (χ2v) is 9.23. The molecule has 33 heavy (non-hydrogen) atoms. The van der Waals surface area contributed by atoms with E-state index in [2.05, 4.69) is 5.92 Å². The Bertz CT molecular complexity index is 670. The minimum atomic E-state index is -0.808. The number of likely N-dealkylation sites (N-methyl/N-ethyl adjacent to an activating group) is 1. The molecule has 1 rings (SSSR count). The molecule has 0 spiro atoms. The monoisotopic (exact) mass is 468 g/mol. The molecule has 4 atom stereocenters. The predicted octanol–water partition coefficient (Wildman–Crippen LogP) is 2.87. The lowest BCUT2D eigenvalue weighted by Gasteiger charge is -2.41. The number of terminal acetylenes is 1. The summed E-state index contributed by atoms with van der Waals surface area (Å²) in [6.45, 7) is 7.29. The lowest BCUT2D eigenvalue weighted by molar-refractivity contribution is -0.883. The van der Waals surface area contributed by atoms with Crippen molar-refractivity contribution in [3.63, 3.8) is 0 Å². The van der Waals surface area contributed by atoms with Gasteiger partial charge in [-0.1, -0.05) is 20.8 Å². The molecule has 1 heterocycles. The number of rotatable bonds is 15. The van der Waals surface area contributed by atoms with Crippen molar-refractivity contribution in [1.29, 1.82) is 0 Å². The number of ether oxygens (including phenoxy) is 4. The van der Waals surface area contributed by atoms with Crippen LogP contribution in [0.15, 0.2) is 0 Å². The second kappa shape index (κ2) is 15.0. The van der Waals surface area contributed by atoms with Gasteiger partial charge < -0.3 is 23.4 Å². The Kier molecular flexibility index (Phi) is 13.3. The van der Waals surface area contributed by atoms with E-state index in [1.54, 1.807) is 0 Å². The SMILES string of the molecule is C#CC[N+](C)(C)CCO[C@@H]1OC[C@H](OC(=O)CCC)[C@H](OC(=O)CCC)[C@H]1CC(=O)CCC. The van der Waals surface area contributed by atoms with Crippen molar-refractivity contribution in [2.75, 3.05) is 40.4 Å². The predicted molar refractivity (Wildman–Crippen MR) is 124 cm³/mol. The maximum absolute atomic E-state index is 12.6. The van der Waals surface area contributed by atoms with Crippen LogP contribution in [-0.2, 0) is 33.3 Å². The third kappa shape index (κ3) is 10.7. The lowest BCUT2D eigenvalue weighted by atomic mass is 9.88. The van der Waals surface area contributed by atoms with Crippen molar-refractivity contribution in [1.82, 2.24) is 0 Å². The summed E-state index contributed by atoms with van der Waals surface area (Å²) in [5.74, 6) is 1.34. The van der Waals surface area contributed by atoms with Crippen LogP contribution in [0.25, 0.3) is 0 Å². The third-order valence-electron chi connectivity index (χ3n) is 5.51. The minimum absolute atomic E-state index is 0.0280. The van der Waals surface area contributed by atoms with Crippen LogP contribution >= 0.6 is 0 Å². The fourth-order valence-electron chi connectivity index (χ4n) is 3.72. The number of carbonyl (C=O) groups is 3. The van der Waals surface area contributed by atoms with Crippen LogP contribution in [0.4, 0.5) is 0 Å². The second-order valence-electron chi connectivity index (χ2n) is 9.23. The number of esters is 2. The molecule has 1 saturated heterocycles. The maximum atomic E-state index is 12.6. The highest BCUT2D eigenvalue weighted by atomic mass is 16.7. The standard InChI is InChI=1S/C25H42NO7/c1-7-11-19(27)17-20-24(33-23(29)13-9-3)21(32-22(28)12-8-2)18-31-25(20)30-16-15-26(5,6)14-10-4/h4,20-21,24-25H,7-9,11-18H2,1-3,5-6H3/q+1/t20-,21+,24-,25-/m1/s1. The number of hydrogen-bond acceptors (Lipinski definition) is 7. The van der Waals surface area contributed by atoms with Crippen molar-refractivity contribution in [3.05, 3.63) is 0 Å². The highest BCUT2D eigenvalue weighted by Gasteiger charge is 2.46. The summed E-state index contributed by atoms with van der Waals surface area (Å²) < 4.78 is 23.9. The average molecular weight is 469 g/mol. The van der Waals surface area contributed by atoms with E-state index in [-0.39, 0.29) is 43.6 Å². The molecular weight excluding hydrogens is 426 g/mol. The third-order valence-corrected chi connectivity index (χ3v) is 5.51. The molecule has 1 aliphatic rings. The fraction of sp³-hybridized carbons (Fsp3) is 0.800. The van der Waals surface area contributed by atoms with Crippen molar-refractivity contribution in [2.24, 2.45) is 5.92 Å². The largest absolute Gasteiger partial charge is 0.458 e. The first-order chi connectivity index (χ1) is 15.7. The van der Waals surface area contributed by atoms with Crippen molar-refractivity contribution in [2.45, 2.75) is 84.2 Å². The zero-order valence-corrected chi connectivity index (χ0v) is 21.0. The van der Waals surface area contributed by atoms with Crippen LogP contribution in [0.1, 0.15) is 65.7 Å². The van der Waals surface area contributed by atoms with E-state index < -0.39 is 24.4 Å². The van der Waals surface area contributed by atoms with Gasteiger partial charge in [-0.05, 0) is 25.2 Å². The molecule has 0 N–H and O–H groups in total. The first kappa shape index (κ1) is 29.1. The number of carbonyl (C=O) groups excluding carboxylic acids is 3. The van der Waals surface area contributed by atoms with E-state index in [1.165, 1.54) is 0 Å². The number of hydrogen-bond donors (Lipinski definition) is 0. The Morgan fingerprint density at radius 2 is 1.61 bits per heavy atom. The Morgan fingerprint density at radius 3 is 2.18 bits per heavy atom. The summed E-state index contributed by atoms with van der Waals surface area (Å²) in [4.78, 5) is 37.2. The molecule has 188 valence electrons. The minimum Gasteiger partial charge on any atom is -0.458 e. The van der Waals surface area contributed by atoms with Gasteiger partial charge in [0.1, 0.15) is 25.0 Å². The normalized spacial score (nSPS) is 22.9. The molecule has 0 unspecified atom stereocenters. The summed E-state index contributed by atoms with van der Waals surface area (Å²) in [5, 5.41) is 0. The van der Waals surface area contributed by atoms with Gasteiger partial charge in [-0.25, -0.2) is 0 Å². The first-order valence-electron chi connectivity index (χ1n) is 12.1. The van der Waals surface area contributed by atoms with Crippen LogP contribution in [-0.4, -0.2) is 81.1 Å². The van der Waals surface area contributed by atoms with Crippen molar-refractivity contribution >= 4 is 17.7 Å². The molecule has 8 heteroatoms. The molecule has 0 amide bonds. The Morgan fingerprint density at radius 1 is 1.00 bits per heavy atom. The van der Waals surface area contributed by atoms with Crippen LogP contribution in [0.2, 0.25) is 0 Å². The van der Waals surface area contributed by atoms with Crippen LogP contribution in [0.3, 0.4) is 0 Å². The van der Waals surface area contributed by atoms with Crippen molar-refractivity contribution in [3.8, 4) is 12.3 Å². The maximum Gasteiger partial charge on any atom is 0.306 e. The number of nitrogens with zero attached hydrogens (tertiary/aromatic N) is 1. The van der Waals surface area contributed by atoms with Crippen LogP contribution in [0, 0.1) is 18.3 Å². The van der Waals surface area contributed by atoms with E-state index in [1.807, 2.05) is 34.9 Å². The summed E-state index contributed by atoms with van der Waals surface area (Å²) in [7, 11) is 4.01. The quantitative estimate of drug-likeness (QED) is 0.207. The van der Waals surface area contributed by atoms with Gasteiger partial charge in [0, 0.05) is 25.7 Å². The fourth-order valence-corrected chi connectivity index (χ4v) is 3.72. The van der Waals surface area contributed by atoms with Gasteiger partial charge >= 0.3 is 11.9 Å². The number of Topliss-reactive ketones (excluding diaryl/α,β-unsaturated/α-hetero) is 1. The zero-order chi connectivity index (χ0) is 24.9. The summed E-state index contributed by atoms with van der Waals surface area (Å²) in [6, 6.07) is 0. The topological polar surface area (TPSA) is 88.1 Å². The highest BCUT2D eigenvalue weighted by molar-refractivity contribution is 5.78. The molecule has 1 fully saturated rings. The Hall–Kier alpha value is -1.95. The molecule has 0 aromatic heterocycles. The molecule has 0 aromatic carbocycles. The number of ketones is 1. The molecule has 0 bridgehead atoms. The summed E-state index contributed by atoms with van der Waals surface area (Å²) in [6.07, 6.45) is 6.11. The molecule has 0 radical (unpaired) electrons. The van der Waals surface area contributed by atoms with E-state index in [4.69, 9.17) is 25.4 Å². The Balaban J connectivity index is 3.07. The lowest BCUT2D eigenvalue weighted by Crippen LogP contribution is -2.54. The highest BCUT2D eigenvalue weighted by Crippen LogP contribution is 2.31. The van der Waals surface area contributed by atoms with E-state index in [9.17, 15) is 14.4 Å². The van der Waals surface area contributed by atoms with Gasteiger partial charge in [-0.3, -0.25) is 14.4 Å². The van der Waals surface area contributed by atoms with Crippen LogP contribution in [0.5, 0.6) is 0 Å². The summed E-state index contributed by atoms with van der Waals surface area (Å²) >= 11 is 0. The van der Waals surface area contributed by atoms with Gasteiger partial charge in [0.15, 0.2) is 12.4 Å². The average Bonchev–Trinajstić information content (AvgIpc) is 2.72. The van der Waals surface area contributed by atoms with E-state index >= 15 is 0 Å². The van der Waals surface area contributed by atoms with Gasteiger partial charge in [0.25, 0.3) is 0 Å². The van der Waals surface area contributed by atoms with E-state index in [0.717, 1.165) is 0 Å². The van der Waals surface area contributed by atoms with Gasteiger partial charge in [0.2, 0.25) is 0 Å². The Labute approximate surface area is 198 Å². The summed E-state index contributed by atoms with van der Waals surface area (Å²) in [5.41, 5.74) is 0. The van der Waals surface area contributed by atoms with Crippen LogP contribution < -0.4 is 0 Å².